The molecule has 1 unspecified atom stereocenters. The maximum Gasteiger partial charge on any atom is 0.333 e. The summed E-state index contributed by atoms with van der Waals surface area (Å²) in [5.74, 6) is -3.07. The van der Waals surface area contributed by atoms with E-state index < -0.39 is 29.6 Å². The first-order chi connectivity index (χ1) is 13.2. The van der Waals surface area contributed by atoms with Crippen LogP contribution < -0.4 is 10.6 Å². The summed E-state index contributed by atoms with van der Waals surface area (Å²) in [5, 5.41) is 14.6. The van der Waals surface area contributed by atoms with E-state index in [9.17, 15) is 23.9 Å². The summed E-state index contributed by atoms with van der Waals surface area (Å²) in [6.07, 6.45) is 0. The number of rotatable bonds is 5. The van der Waals surface area contributed by atoms with Crippen molar-refractivity contribution in [3.8, 4) is 5.75 Å². The number of carbonyl (C=O) groups is 3. The van der Waals surface area contributed by atoms with Crippen LogP contribution in [0, 0.1) is 19.7 Å². The number of methoxy groups -OCH3 is 1. The van der Waals surface area contributed by atoms with Gasteiger partial charge in [-0.2, -0.15) is 0 Å². The van der Waals surface area contributed by atoms with E-state index in [0.717, 1.165) is 7.11 Å². The molecule has 0 heterocycles. The third-order valence-electron chi connectivity index (χ3n) is 4.13. The third kappa shape index (κ3) is 5.06. The van der Waals surface area contributed by atoms with Crippen LogP contribution in [0.2, 0.25) is 0 Å². The van der Waals surface area contributed by atoms with Crippen molar-refractivity contribution in [3.63, 3.8) is 0 Å². The van der Waals surface area contributed by atoms with Gasteiger partial charge in [0, 0.05) is 6.54 Å². The van der Waals surface area contributed by atoms with Gasteiger partial charge in [-0.3, -0.25) is 9.59 Å². The number of esters is 1. The van der Waals surface area contributed by atoms with Gasteiger partial charge in [0.2, 0.25) is 0 Å². The second-order valence-corrected chi connectivity index (χ2v) is 6.24. The van der Waals surface area contributed by atoms with Gasteiger partial charge in [-0.25, -0.2) is 9.18 Å². The van der Waals surface area contributed by atoms with Crippen LogP contribution in [0.25, 0.3) is 0 Å². The lowest BCUT2D eigenvalue weighted by Crippen LogP contribution is -2.43. The minimum absolute atomic E-state index is 0.0207. The lowest BCUT2D eigenvalue weighted by atomic mass is 10.00. The second-order valence-electron chi connectivity index (χ2n) is 6.24. The molecule has 2 amide bonds. The molecular weight excluding hydrogens is 367 g/mol. The van der Waals surface area contributed by atoms with Gasteiger partial charge in [0.05, 0.1) is 7.11 Å². The highest BCUT2D eigenvalue weighted by Crippen LogP contribution is 2.26. The molecule has 7 nitrogen and oxygen atoms in total. The molecule has 0 aliphatic heterocycles. The standard InChI is InChI=1S/C20H21FN2O5/c1-11-8-14(9-12(2)17(11)24)16(20(27)28-3)23-19(26)18(25)22-10-13-4-6-15(21)7-5-13/h4-9,16,24H,10H2,1-3H3,(H,22,25)(H,23,26). The van der Waals surface area contributed by atoms with Gasteiger partial charge in [-0.05, 0) is 60.4 Å². The molecule has 0 radical (unpaired) electrons. The van der Waals surface area contributed by atoms with Crippen LogP contribution in [-0.4, -0.2) is 30.0 Å². The number of ether oxygens (including phenoxy) is 1. The Kier molecular flexibility index (Phi) is 6.70. The van der Waals surface area contributed by atoms with E-state index in [4.69, 9.17) is 4.74 Å². The number of phenols is 1. The fourth-order valence-corrected chi connectivity index (χ4v) is 2.61. The largest absolute Gasteiger partial charge is 0.507 e. The monoisotopic (exact) mass is 388 g/mol. The number of carbonyl (C=O) groups excluding carboxylic acids is 3. The Morgan fingerprint density at radius 2 is 1.64 bits per heavy atom. The van der Waals surface area contributed by atoms with Crippen LogP contribution in [0.15, 0.2) is 36.4 Å². The molecule has 0 spiro atoms. The number of nitrogens with one attached hydrogen (secondary N) is 2. The molecule has 148 valence electrons. The summed E-state index contributed by atoms with van der Waals surface area (Å²) >= 11 is 0. The van der Waals surface area contributed by atoms with E-state index >= 15 is 0 Å². The second kappa shape index (κ2) is 8.98. The van der Waals surface area contributed by atoms with Gasteiger partial charge >= 0.3 is 17.8 Å². The van der Waals surface area contributed by atoms with Crippen molar-refractivity contribution in [2.45, 2.75) is 26.4 Å². The molecule has 3 N–H and O–H groups in total. The van der Waals surface area contributed by atoms with Crippen molar-refractivity contribution in [2.24, 2.45) is 0 Å². The molecule has 0 aromatic heterocycles. The molecule has 0 aliphatic rings. The zero-order valence-corrected chi connectivity index (χ0v) is 15.7. The molecule has 2 aromatic carbocycles. The first-order valence-electron chi connectivity index (χ1n) is 8.44. The van der Waals surface area contributed by atoms with Crippen molar-refractivity contribution >= 4 is 17.8 Å². The molecule has 28 heavy (non-hydrogen) atoms. The summed E-state index contributed by atoms with van der Waals surface area (Å²) in [4.78, 5) is 36.4. The van der Waals surface area contributed by atoms with Crippen LogP contribution in [-0.2, 0) is 25.7 Å². The zero-order chi connectivity index (χ0) is 20.8. The van der Waals surface area contributed by atoms with E-state index in [1.54, 1.807) is 13.8 Å². The minimum atomic E-state index is -1.22. The minimum Gasteiger partial charge on any atom is -0.507 e. The highest BCUT2D eigenvalue weighted by atomic mass is 19.1. The highest BCUT2D eigenvalue weighted by molar-refractivity contribution is 6.35. The van der Waals surface area contributed by atoms with Crippen LogP contribution in [0.4, 0.5) is 4.39 Å². The van der Waals surface area contributed by atoms with Gasteiger partial charge in [-0.1, -0.05) is 12.1 Å². The predicted molar refractivity (Wildman–Crippen MR) is 98.7 cm³/mol. The normalized spacial score (nSPS) is 11.4. The van der Waals surface area contributed by atoms with Crippen molar-refractivity contribution in [2.75, 3.05) is 7.11 Å². The molecule has 0 aliphatic carbocycles. The van der Waals surface area contributed by atoms with Gasteiger partial charge in [-0.15, -0.1) is 0 Å². The number of aromatic hydroxyl groups is 1. The Hall–Kier alpha value is -3.42. The van der Waals surface area contributed by atoms with Crippen molar-refractivity contribution in [1.82, 2.24) is 10.6 Å². The average Bonchev–Trinajstić information content (AvgIpc) is 2.68. The number of aryl methyl sites for hydroxylation is 2. The SMILES string of the molecule is COC(=O)C(NC(=O)C(=O)NCc1ccc(F)cc1)c1cc(C)c(O)c(C)c1. The molecule has 1 atom stereocenters. The summed E-state index contributed by atoms with van der Waals surface area (Å²) in [5.41, 5.74) is 2.01. The molecule has 0 fully saturated rings. The zero-order valence-electron chi connectivity index (χ0n) is 15.7. The smallest absolute Gasteiger partial charge is 0.333 e. The van der Waals surface area contributed by atoms with Crippen molar-refractivity contribution in [3.05, 3.63) is 64.5 Å². The number of phenolic OH excluding ortho intramolecular Hbond substituents is 1. The number of hydrogen-bond donors (Lipinski definition) is 3. The van der Waals surface area contributed by atoms with Crippen LogP contribution in [0.1, 0.15) is 28.3 Å². The lowest BCUT2D eigenvalue weighted by Gasteiger charge is -2.18. The molecular formula is C20H21FN2O5. The Morgan fingerprint density at radius 1 is 1.07 bits per heavy atom. The summed E-state index contributed by atoms with van der Waals surface area (Å²) in [6, 6.07) is 7.28. The van der Waals surface area contributed by atoms with Crippen LogP contribution >= 0.6 is 0 Å². The topological polar surface area (TPSA) is 105 Å². The Morgan fingerprint density at radius 3 is 2.18 bits per heavy atom. The Labute approximate surface area is 161 Å². The molecule has 0 saturated carbocycles. The van der Waals surface area contributed by atoms with E-state index in [1.807, 2.05) is 0 Å². The van der Waals surface area contributed by atoms with Gasteiger partial charge in [0.15, 0.2) is 6.04 Å². The summed E-state index contributed by atoms with van der Waals surface area (Å²) in [6.45, 7) is 3.32. The number of hydrogen-bond acceptors (Lipinski definition) is 5. The van der Waals surface area contributed by atoms with Crippen LogP contribution in [0.3, 0.4) is 0 Å². The number of amides is 2. The fraction of sp³-hybridized carbons (Fsp3) is 0.250. The first-order valence-corrected chi connectivity index (χ1v) is 8.44. The Balaban J connectivity index is 2.11. The fourth-order valence-electron chi connectivity index (χ4n) is 2.61. The maximum absolute atomic E-state index is 12.9. The maximum atomic E-state index is 12.9. The molecule has 8 heteroatoms. The van der Waals surface area contributed by atoms with Gasteiger partial charge in [0.25, 0.3) is 0 Å². The number of halogens is 1. The predicted octanol–water partition coefficient (Wildman–Crippen LogP) is 1.79. The first kappa shape index (κ1) is 20.9. The Bertz CT molecular complexity index is 873. The third-order valence-corrected chi connectivity index (χ3v) is 4.13. The quantitative estimate of drug-likeness (QED) is 0.535. The van der Waals surface area contributed by atoms with E-state index in [2.05, 4.69) is 10.6 Å². The van der Waals surface area contributed by atoms with Gasteiger partial charge < -0.3 is 20.5 Å². The highest BCUT2D eigenvalue weighted by Gasteiger charge is 2.27. The van der Waals surface area contributed by atoms with Crippen LogP contribution in [0.5, 0.6) is 5.75 Å². The van der Waals surface area contributed by atoms with E-state index in [-0.39, 0.29) is 12.3 Å². The average molecular weight is 388 g/mol. The van der Waals surface area contributed by atoms with Crippen molar-refractivity contribution in [1.29, 1.82) is 0 Å². The van der Waals surface area contributed by atoms with E-state index in [0.29, 0.717) is 22.3 Å². The summed E-state index contributed by atoms with van der Waals surface area (Å²) < 4.78 is 17.6. The summed E-state index contributed by atoms with van der Waals surface area (Å²) in [7, 11) is 1.16. The molecule has 2 rings (SSSR count). The molecule has 0 saturated heterocycles. The van der Waals surface area contributed by atoms with Crippen molar-refractivity contribution < 1.29 is 28.6 Å². The van der Waals surface area contributed by atoms with Gasteiger partial charge in [0.1, 0.15) is 11.6 Å². The van der Waals surface area contributed by atoms with E-state index in [1.165, 1.54) is 36.4 Å². The molecule has 2 aromatic rings. The number of benzene rings is 2. The molecule has 0 bridgehead atoms. The lowest BCUT2D eigenvalue weighted by molar-refractivity contribution is -0.147.